The molecule has 4 aliphatic heterocycles. The molecule has 11 nitrogen and oxygen atoms in total. The lowest BCUT2D eigenvalue weighted by molar-refractivity contribution is -0.115. The fourth-order valence-electron chi connectivity index (χ4n) is 6.15. The van der Waals surface area contributed by atoms with E-state index in [0.29, 0.717) is 50.0 Å². The summed E-state index contributed by atoms with van der Waals surface area (Å²) in [5.41, 5.74) is 1.09. The molecule has 3 N–H and O–H groups in total. The summed E-state index contributed by atoms with van der Waals surface area (Å²) in [5, 5.41) is 8.89. The summed E-state index contributed by atoms with van der Waals surface area (Å²) in [5.74, 6) is -0.449. The first-order valence-electron chi connectivity index (χ1n) is 13.5. The quantitative estimate of drug-likeness (QED) is 0.489. The van der Waals surface area contributed by atoms with Crippen molar-refractivity contribution >= 4 is 45.4 Å². The maximum atomic E-state index is 13.6. The average Bonchev–Trinajstić information content (AvgIpc) is 3.33. The van der Waals surface area contributed by atoms with Crippen molar-refractivity contribution in [2.75, 3.05) is 18.4 Å². The number of piperidine rings is 2. The lowest BCUT2D eigenvalue weighted by Crippen LogP contribution is -2.57. The Balaban J connectivity index is 1.17. The molecule has 4 aliphatic rings. The first-order chi connectivity index (χ1) is 18.3. The molecule has 214 valence electrons. The van der Waals surface area contributed by atoms with E-state index in [9.17, 15) is 22.8 Å². The minimum atomic E-state index is -3.67. The Morgan fingerprint density at radius 1 is 1.03 bits per heavy atom. The van der Waals surface area contributed by atoms with E-state index in [1.807, 2.05) is 0 Å². The van der Waals surface area contributed by atoms with Crippen molar-refractivity contribution in [3.63, 3.8) is 0 Å². The second-order valence-electron chi connectivity index (χ2n) is 11.9. The van der Waals surface area contributed by atoms with E-state index in [1.54, 1.807) is 37.2 Å². The first kappa shape index (κ1) is 28.1. The van der Waals surface area contributed by atoms with Crippen LogP contribution in [0.2, 0.25) is 5.02 Å². The van der Waals surface area contributed by atoms with Crippen LogP contribution < -0.4 is 16.0 Å². The molecule has 13 heteroatoms. The van der Waals surface area contributed by atoms with Crippen molar-refractivity contribution < 1.29 is 27.5 Å². The molecule has 1 aromatic rings. The lowest BCUT2D eigenvalue weighted by Gasteiger charge is -2.42. The number of carbonyl (C=O) groups excluding carboxylic acids is 3. The van der Waals surface area contributed by atoms with E-state index in [4.69, 9.17) is 16.3 Å². The fraction of sp³-hybridized carbons (Fsp3) is 0.654. The Labute approximate surface area is 234 Å². The van der Waals surface area contributed by atoms with Crippen LogP contribution in [0, 0.1) is 0 Å². The van der Waals surface area contributed by atoms with Gasteiger partial charge in [0, 0.05) is 42.9 Å². The van der Waals surface area contributed by atoms with Crippen molar-refractivity contribution in [2.45, 2.75) is 95.5 Å². The highest BCUT2D eigenvalue weighted by Gasteiger charge is 2.49. The number of fused-ring (bicyclic) bond motifs is 3. The number of amides is 3. The van der Waals surface area contributed by atoms with E-state index >= 15 is 0 Å². The number of carbonyl (C=O) groups is 3. The molecule has 0 radical (unpaired) electrons. The maximum absolute atomic E-state index is 13.6. The molecule has 1 aromatic carbocycles. The topological polar surface area (TPSA) is 137 Å². The number of nitrogens with zero attached hydrogens (tertiary/aromatic N) is 2. The summed E-state index contributed by atoms with van der Waals surface area (Å²) in [6, 6.07) is 2.57. The summed E-state index contributed by atoms with van der Waals surface area (Å²) in [6.07, 6.45) is 3.31. The molecule has 0 aliphatic carbocycles. The van der Waals surface area contributed by atoms with Gasteiger partial charge in [-0.15, -0.1) is 0 Å². The van der Waals surface area contributed by atoms with Gasteiger partial charge in [0.1, 0.15) is 5.60 Å². The molecule has 2 bridgehead atoms. The number of anilines is 1. The van der Waals surface area contributed by atoms with Crippen LogP contribution in [-0.4, -0.2) is 77.8 Å². The van der Waals surface area contributed by atoms with Gasteiger partial charge in [-0.05, 0) is 77.0 Å². The normalized spacial score (nSPS) is 26.2. The molecule has 4 heterocycles. The van der Waals surface area contributed by atoms with Gasteiger partial charge in [-0.3, -0.25) is 9.59 Å². The Kier molecular flexibility index (Phi) is 7.60. The molecule has 0 unspecified atom stereocenters. The van der Waals surface area contributed by atoms with Gasteiger partial charge in [0.25, 0.3) is 16.1 Å². The number of halogens is 1. The van der Waals surface area contributed by atoms with Gasteiger partial charge < -0.3 is 20.7 Å². The number of benzene rings is 1. The van der Waals surface area contributed by atoms with Crippen molar-refractivity contribution in [1.82, 2.24) is 19.2 Å². The predicted molar refractivity (Wildman–Crippen MR) is 146 cm³/mol. The molecule has 39 heavy (non-hydrogen) atoms. The lowest BCUT2D eigenvalue weighted by atomic mass is 9.99. The van der Waals surface area contributed by atoms with E-state index in [2.05, 4.69) is 16.0 Å². The number of hydrogen-bond acceptors (Lipinski definition) is 6. The van der Waals surface area contributed by atoms with Crippen molar-refractivity contribution in [1.29, 1.82) is 0 Å². The maximum Gasteiger partial charge on any atom is 0.407 e. The summed E-state index contributed by atoms with van der Waals surface area (Å²) < 4.78 is 35.8. The molecule has 3 saturated heterocycles. The zero-order chi connectivity index (χ0) is 28.1. The van der Waals surface area contributed by atoms with Crippen molar-refractivity contribution in [2.24, 2.45) is 0 Å². The first-order valence-corrected chi connectivity index (χ1v) is 15.3. The largest absolute Gasteiger partial charge is 0.444 e. The Hall–Kier alpha value is -2.41. The monoisotopic (exact) mass is 581 g/mol. The van der Waals surface area contributed by atoms with Crippen LogP contribution in [-0.2, 0) is 26.2 Å². The molecule has 0 spiro atoms. The second-order valence-corrected chi connectivity index (χ2v) is 14.1. The Morgan fingerprint density at radius 3 is 2.28 bits per heavy atom. The van der Waals surface area contributed by atoms with E-state index in [1.165, 1.54) is 4.31 Å². The standard InChI is InChI=1S/C26H36ClN5O6S/c1-26(2,3)38-25(35)29-16-6-8-31(9-7-16)39(36,37)32-18-4-5-19(32)13-17(12-18)28-24(34)20-10-15-11-23(33)30-22(15)14-21(20)27/h10,14,16-19H,4-9,11-13H2,1-3H3,(H,28,34)(H,29,35)(H,30,33)/t17-,18+,19-. The number of hydrogen-bond donors (Lipinski definition) is 3. The third-order valence-electron chi connectivity index (χ3n) is 7.83. The summed E-state index contributed by atoms with van der Waals surface area (Å²) in [7, 11) is -3.67. The highest BCUT2D eigenvalue weighted by Crippen LogP contribution is 2.39. The van der Waals surface area contributed by atoms with Crippen LogP contribution in [0.1, 0.15) is 75.2 Å². The number of alkyl carbamates (subject to hydrolysis) is 1. The summed E-state index contributed by atoms with van der Waals surface area (Å²) in [6.45, 7) is 6.05. The van der Waals surface area contributed by atoms with Crippen LogP contribution in [0.4, 0.5) is 10.5 Å². The third-order valence-corrected chi connectivity index (χ3v) is 10.3. The van der Waals surface area contributed by atoms with Crippen LogP contribution in [0.5, 0.6) is 0 Å². The molecule has 3 fully saturated rings. The van der Waals surface area contributed by atoms with E-state index in [-0.39, 0.29) is 47.4 Å². The highest BCUT2D eigenvalue weighted by molar-refractivity contribution is 7.86. The molecule has 5 rings (SSSR count). The minimum absolute atomic E-state index is 0.132. The Morgan fingerprint density at radius 2 is 1.67 bits per heavy atom. The molecular weight excluding hydrogens is 546 g/mol. The van der Waals surface area contributed by atoms with Crippen molar-refractivity contribution in [3.05, 3.63) is 28.3 Å². The van der Waals surface area contributed by atoms with Gasteiger partial charge in [-0.25, -0.2) is 4.79 Å². The smallest absolute Gasteiger partial charge is 0.407 e. The molecule has 3 amide bonds. The van der Waals surface area contributed by atoms with Crippen molar-refractivity contribution in [3.8, 4) is 0 Å². The summed E-state index contributed by atoms with van der Waals surface area (Å²) in [4.78, 5) is 36.9. The van der Waals surface area contributed by atoms with Crippen LogP contribution in [0.25, 0.3) is 0 Å². The van der Waals surface area contributed by atoms with Gasteiger partial charge in [-0.1, -0.05) is 11.6 Å². The van der Waals surface area contributed by atoms with Gasteiger partial charge >= 0.3 is 6.09 Å². The number of nitrogens with one attached hydrogen (secondary N) is 3. The predicted octanol–water partition coefficient (Wildman–Crippen LogP) is 2.79. The number of ether oxygens (including phenoxy) is 1. The second kappa shape index (κ2) is 10.5. The number of rotatable bonds is 5. The summed E-state index contributed by atoms with van der Waals surface area (Å²) >= 11 is 6.34. The van der Waals surface area contributed by atoms with Crippen LogP contribution in [0.3, 0.4) is 0 Å². The fourth-order valence-corrected chi connectivity index (χ4v) is 8.48. The Bertz CT molecular complexity index is 1260. The third kappa shape index (κ3) is 6.03. The van der Waals surface area contributed by atoms with Gasteiger partial charge in [0.05, 0.1) is 17.0 Å². The zero-order valence-electron chi connectivity index (χ0n) is 22.5. The molecule has 0 saturated carbocycles. The van der Waals surface area contributed by atoms with Gasteiger partial charge in [0.2, 0.25) is 5.91 Å². The van der Waals surface area contributed by atoms with Crippen LogP contribution >= 0.6 is 11.6 Å². The van der Waals surface area contributed by atoms with Crippen LogP contribution in [0.15, 0.2) is 12.1 Å². The zero-order valence-corrected chi connectivity index (χ0v) is 24.0. The molecule has 3 atom stereocenters. The van der Waals surface area contributed by atoms with Gasteiger partial charge in [-0.2, -0.15) is 17.0 Å². The minimum Gasteiger partial charge on any atom is -0.444 e. The SMILES string of the molecule is CC(C)(C)OC(=O)NC1CCN(S(=O)(=O)N2[C@@H]3CC[C@H]2C[C@@H](NC(=O)c2cc4c(cc2Cl)NC(=O)C4)C3)CC1. The molecular formula is C26H36ClN5O6S. The van der Waals surface area contributed by atoms with E-state index < -0.39 is 21.9 Å². The van der Waals surface area contributed by atoms with E-state index in [0.717, 1.165) is 18.4 Å². The highest BCUT2D eigenvalue weighted by atomic mass is 35.5. The average molecular weight is 582 g/mol. The van der Waals surface area contributed by atoms with Gasteiger partial charge in [0.15, 0.2) is 0 Å². The molecule has 0 aromatic heterocycles.